The second-order valence-electron chi connectivity index (χ2n) is 2.43. The van der Waals surface area contributed by atoms with Crippen molar-refractivity contribution in [2.24, 2.45) is 10.9 Å². The summed E-state index contributed by atoms with van der Waals surface area (Å²) in [5.41, 5.74) is 0.796. The molecule has 0 saturated heterocycles. The van der Waals surface area contributed by atoms with Crippen molar-refractivity contribution in [3.8, 4) is 0 Å². The first-order valence-corrected chi connectivity index (χ1v) is 3.62. The highest BCUT2D eigenvalue weighted by Gasteiger charge is 1.94. The third-order valence-electron chi connectivity index (χ3n) is 1.72. The molecule has 0 saturated carbocycles. The molecule has 0 radical (unpaired) electrons. The van der Waals surface area contributed by atoms with Gasteiger partial charge in [0.25, 0.3) is 0 Å². The Morgan fingerprint density at radius 2 is 2.00 bits per heavy atom. The van der Waals surface area contributed by atoms with Gasteiger partial charge in [-0.1, -0.05) is 12.1 Å². The van der Waals surface area contributed by atoms with E-state index in [4.69, 9.17) is 10.3 Å². The predicted molar refractivity (Wildman–Crippen MR) is 46.0 cm³/mol. The normalized spacial score (nSPS) is 12.2. The molecule has 0 aliphatic rings. The lowest BCUT2D eigenvalue weighted by molar-refractivity contribution is 0.601. The molecule has 0 amide bonds. The van der Waals surface area contributed by atoms with Gasteiger partial charge < -0.3 is 10.3 Å². The molecule has 2 N–H and O–H groups in total. The highest BCUT2D eigenvalue weighted by Crippen LogP contribution is 2.07. The Bertz CT molecular complexity index is 454. The molecule has 3 nitrogen and oxygen atoms in total. The van der Waals surface area contributed by atoms with Crippen molar-refractivity contribution in [2.75, 3.05) is 0 Å². The van der Waals surface area contributed by atoms with Gasteiger partial charge >= 0.3 is 0 Å². The van der Waals surface area contributed by atoms with Crippen LogP contribution in [0, 0.1) is 0 Å². The second-order valence-corrected chi connectivity index (χ2v) is 2.43. The molecule has 12 heavy (non-hydrogen) atoms. The van der Waals surface area contributed by atoms with Crippen molar-refractivity contribution in [1.29, 1.82) is 0 Å². The fourth-order valence-electron chi connectivity index (χ4n) is 1.16. The minimum Gasteiger partial charge on any atom is -0.464 e. The highest BCUT2D eigenvalue weighted by atomic mass is 16.3. The average Bonchev–Trinajstić information content (AvgIpc) is 2.17. The summed E-state index contributed by atoms with van der Waals surface area (Å²) in [6.07, 6.45) is 1.58. The fraction of sp³-hybridized carbons (Fsp3) is 0. The van der Waals surface area contributed by atoms with Crippen molar-refractivity contribution in [1.82, 2.24) is 0 Å². The van der Waals surface area contributed by atoms with Crippen LogP contribution >= 0.6 is 0 Å². The Balaban J connectivity index is 2.99. The molecule has 0 bridgehead atoms. The molecule has 1 aromatic heterocycles. The molecule has 2 rings (SSSR count). The maximum atomic E-state index is 5.24. The molecule has 1 aromatic carbocycles. The van der Waals surface area contributed by atoms with Crippen molar-refractivity contribution in [3.63, 3.8) is 0 Å². The topological polar surface area (TPSA) is 51.5 Å². The van der Waals surface area contributed by atoms with Gasteiger partial charge in [0, 0.05) is 11.5 Å². The zero-order valence-corrected chi connectivity index (χ0v) is 6.40. The van der Waals surface area contributed by atoms with E-state index < -0.39 is 0 Å². The summed E-state index contributed by atoms with van der Waals surface area (Å²) in [5.74, 6) is 5.20. The van der Waals surface area contributed by atoms with Crippen molar-refractivity contribution >= 4 is 11.0 Å². The third-order valence-corrected chi connectivity index (χ3v) is 1.72. The number of fused-ring (bicyclic) bond motifs is 1. The van der Waals surface area contributed by atoms with E-state index in [1.807, 2.05) is 24.3 Å². The van der Waals surface area contributed by atoms with E-state index in [9.17, 15) is 0 Å². The van der Waals surface area contributed by atoms with Gasteiger partial charge in [-0.05, 0) is 12.1 Å². The maximum absolute atomic E-state index is 5.24. The fourth-order valence-corrected chi connectivity index (χ4v) is 1.16. The van der Waals surface area contributed by atoms with Gasteiger partial charge in [0.2, 0.25) is 0 Å². The Hall–Kier alpha value is -1.77. The van der Waals surface area contributed by atoms with Gasteiger partial charge in [0.15, 0.2) is 0 Å². The molecule has 0 aliphatic carbocycles. The minimum atomic E-state index is 0.747. The Morgan fingerprint density at radius 3 is 2.83 bits per heavy atom. The molecule has 0 spiro atoms. The van der Waals surface area contributed by atoms with Crippen LogP contribution in [0.5, 0.6) is 0 Å². The Labute approximate surface area is 69.1 Å². The van der Waals surface area contributed by atoms with Gasteiger partial charge in [-0.15, -0.1) is 0 Å². The van der Waals surface area contributed by atoms with E-state index in [1.165, 1.54) is 0 Å². The summed E-state index contributed by atoms with van der Waals surface area (Å²) in [4.78, 5) is 0. The van der Waals surface area contributed by atoms with Crippen LogP contribution in [0.15, 0.2) is 46.1 Å². The average molecular weight is 160 g/mol. The van der Waals surface area contributed by atoms with E-state index in [0.717, 1.165) is 16.3 Å². The van der Waals surface area contributed by atoms with E-state index in [1.54, 1.807) is 12.3 Å². The van der Waals surface area contributed by atoms with Gasteiger partial charge in [-0.2, -0.15) is 5.10 Å². The molecule has 2 aromatic rings. The number of hydrogen-bond acceptors (Lipinski definition) is 3. The summed E-state index contributed by atoms with van der Waals surface area (Å²) in [5, 5.41) is 5.32. The summed E-state index contributed by atoms with van der Waals surface area (Å²) in [7, 11) is 0. The Morgan fingerprint density at radius 1 is 1.17 bits per heavy atom. The standard InChI is InChI=1S/C9H8N2O/c10-11-8-5-6-12-9-4-2-1-3-7(8)9/h1-6H,10H2. The molecule has 0 unspecified atom stereocenters. The third kappa shape index (κ3) is 0.955. The smallest absolute Gasteiger partial charge is 0.135 e. The molecule has 0 atom stereocenters. The SMILES string of the molecule is NN=c1ccoc2ccccc12. The largest absolute Gasteiger partial charge is 0.464 e. The molecular weight excluding hydrogens is 152 g/mol. The monoisotopic (exact) mass is 160 g/mol. The number of para-hydroxylation sites is 1. The van der Waals surface area contributed by atoms with Crippen molar-refractivity contribution < 1.29 is 4.42 Å². The lowest BCUT2D eigenvalue weighted by atomic mass is 10.2. The molecule has 60 valence electrons. The number of benzene rings is 1. The maximum Gasteiger partial charge on any atom is 0.135 e. The highest BCUT2D eigenvalue weighted by molar-refractivity contribution is 5.75. The van der Waals surface area contributed by atoms with E-state index in [-0.39, 0.29) is 0 Å². The zero-order chi connectivity index (χ0) is 8.39. The van der Waals surface area contributed by atoms with E-state index >= 15 is 0 Å². The predicted octanol–water partition coefficient (Wildman–Crippen LogP) is 1.21. The first kappa shape index (κ1) is 6.91. The second kappa shape index (κ2) is 2.70. The van der Waals surface area contributed by atoms with Gasteiger partial charge in [0.05, 0.1) is 11.6 Å². The van der Waals surface area contributed by atoms with Crippen LogP contribution in [0.2, 0.25) is 0 Å². The van der Waals surface area contributed by atoms with Crippen LogP contribution in [0.4, 0.5) is 0 Å². The summed E-state index contributed by atoms with van der Waals surface area (Å²) in [6, 6.07) is 9.37. The molecule has 1 heterocycles. The number of hydrogen-bond donors (Lipinski definition) is 1. The Kier molecular flexibility index (Phi) is 1.55. The molecular formula is C9H8N2O. The van der Waals surface area contributed by atoms with Crippen LogP contribution in [0.1, 0.15) is 0 Å². The van der Waals surface area contributed by atoms with E-state index in [2.05, 4.69) is 5.10 Å². The molecule has 0 fully saturated rings. The zero-order valence-electron chi connectivity index (χ0n) is 6.40. The summed E-state index contributed by atoms with van der Waals surface area (Å²) >= 11 is 0. The van der Waals surface area contributed by atoms with Crippen LogP contribution in [-0.4, -0.2) is 0 Å². The quantitative estimate of drug-likeness (QED) is 0.465. The van der Waals surface area contributed by atoms with Gasteiger partial charge in [-0.3, -0.25) is 0 Å². The number of nitrogens with two attached hydrogens (primary N) is 1. The molecule has 3 heteroatoms. The van der Waals surface area contributed by atoms with Crippen LogP contribution < -0.4 is 11.2 Å². The first-order chi connectivity index (χ1) is 5.92. The molecule has 0 aliphatic heterocycles. The van der Waals surface area contributed by atoms with Crippen LogP contribution in [-0.2, 0) is 0 Å². The van der Waals surface area contributed by atoms with Crippen LogP contribution in [0.3, 0.4) is 0 Å². The number of nitrogens with zero attached hydrogens (tertiary/aromatic N) is 1. The van der Waals surface area contributed by atoms with E-state index in [0.29, 0.717) is 0 Å². The first-order valence-electron chi connectivity index (χ1n) is 3.62. The van der Waals surface area contributed by atoms with Crippen LogP contribution in [0.25, 0.3) is 11.0 Å². The minimum absolute atomic E-state index is 0.747. The van der Waals surface area contributed by atoms with Gasteiger partial charge in [-0.25, -0.2) is 0 Å². The van der Waals surface area contributed by atoms with Gasteiger partial charge in [0.1, 0.15) is 5.58 Å². The summed E-state index contributed by atoms with van der Waals surface area (Å²) in [6.45, 7) is 0. The number of rotatable bonds is 0. The lowest BCUT2D eigenvalue weighted by Gasteiger charge is -1.94. The lowest BCUT2D eigenvalue weighted by Crippen LogP contribution is -2.04. The van der Waals surface area contributed by atoms with Crippen molar-refractivity contribution in [2.45, 2.75) is 0 Å². The summed E-state index contributed by atoms with van der Waals surface area (Å²) < 4.78 is 5.24. The van der Waals surface area contributed by atoms with Crippen molar-refractivity contribution in [3.05, 3.63) is 42.0 Å².